The molecule has 0 aliphatic heterocycles. The summed E-state index contributed by atoms with van der Waals surface area (Å²) in [4.78, 5) is 0. The van der Waals surface area contributed by atoms with E-state index in [4.69, 9.17) is 0 Å². The third-order valence-corrected chi connectivity index (χ3v) is 11.2. The molecular formula is C49H34N2. The molecule has 0 spiro atoms. The second-order valence-corrected chi connectivity index (χ2v) is 14.0. The van der Waals surface area contributed by atoms with E-state index in [-0.39, 0.29) is 0 Å². The zero-order valence-electron chi connectivity index (χ0n) is 28.2. The van der Waals surface area contributed by atoms with E-state index in [1.807, 2.05) is 0 Å². The molecule has 0 fully saturated rings. The molecule has 2 aliphatic rings. The minimum absolute atomic E-state index is 0.939. The third kappa shape index (κ3) is 4.30. The van der Waals surface area contributed by atoms with Crippen LogP contribution in [0.25, 0.3) is 83.5 Å². The maximum Gasteiger partial charge on any atom is 0.0541 e. The standard InChI is InChI=1S/C49H34N2/c1-2-18-38-34(13-1)29-45-43(33-15-12-17-37(28-33)51-48-25-9-5-21-41(48)42-22-6-10-26-49(42)51)30-35(31-44(38)45)32-14-11-16-36(27-32)50-46-23-7-3-19-39(46)40-20-4-8-24-47(40)50/h1-3,5-19,21-28,30-31H,4,20,29H2. The highest BCUT2D eigenvalue weighted by atomic mass is 15.0. The minimum atomic E-state index is 0.939. The van der Waals surface area contributed by atoms with Crippen LogP contribution in [0.2, 0.25) is 0 Å². The van der Waals surface area contributed by atoms with Crippen LogP contribution in [-0.4, -0.2) is 9.13 Å². The van der Waals surface area contributed by atoms with Crippen LogP contribution >= 0.6 is 0 Å². The van der Waals surface area contributed by atoms with Crippen LogP contribution in [0.15, 0.2) is 164 Å². The van der Waals surface area contributed by atoms with Gasteiger partial charge in [-0.1, -0.05) is 109 Å². The van der Waals surface area contributed by atoms with Gasteiger partial charge in [-0.3, -0.25) is 0 Å². The van der Waals surface area contributed by atoms with Gasteiger partial charge in [0.25, 0.3) is 0 Å². The highest BCUT2D eigenvalue weighted by molar-refractivity contribution is 6.09. The predicted octanol–water partition coefficient (Wildman–Crippen LogP) is 12.6. The molecule has 240 valence electrons. The lowest BCUT2D eigenvalue weighted by molar-refractivity contribution is 0.968. The Bertz CT molecular complexity index is 2840. The van der Waals surface area contributed by atoms with Crippen LogP contribution < -0.4 is 0 Å². The summed E-state index contributed by atoms with van der Waals surface area (Å²) < 4.78 is 4.88. The van der Waals surface area contributed by atoms with Gasteiger partial charge < -0.3 is 9.13 Å². The van der Waals surface area contributed by atoms with Crippen molar-refractivity contribution >= 4 is 38.8 Å². The SMILES string of the molecule is C1=Cc2c(c3ccccc3n2-c2cccc(-c3cc(-c4cccc(-n5c6ccccc6c6ccccc65)c4)c4c(c3)-c3ccccc3C4)c2)CC1. The van der Waals surface area contributed by atoms with Gasteiger partial charge in [0.2, 0.25) is 0 Å². The van der Waals surface area contributed by atoms with Crippen molar-refractivity contribution in [3.05, 3.63) is 186 Å². The monoisotopic (exact) mass is 650 g/mol. The summed E-state index contributed by atoms with van der Waals surface area (Å²) in [6, 6.07) is 58.5. The molecule has 2 nitrogen and oxygen atoms in total. The second kappa shape index (κ2) is 11.1. The molecule has 0 saturated carbocycles. The van der Waals surface area contributed by atoms with Crippen molar-refractivity contribution in [1.29, 1.82) is 0 Å². The summed E-state index contributed by atoms with van der Waals surface area (Å²) in [7, 11) is 0. The first-order valence-electron chi connectivity index (χ1n) is 18.0. The van der Waals surface area contributed by atoms with Gasteiger partial charge in [0.05, 0.1) is 16.6 Å². The summed E-state index contributed by atoms with van der Waals surface area (Å²) in [6.07, 6.45) is 7.76. The quantitative estimate of drug-likeness (QED) is 0.179. The fourth-order valence-corrected chi connectivity index (χ4v) is 8.96. The molecule has 9 aromatic rings. The largest absolute Gasteiger partial charge is 0.310 e. The topological polar surface area (TPSA) is 9.86 Å². The molecule has 2 heterocycles. The van der Waals surface area contributed by atoms with Crippen LogP contribution in [0.5, 0.6) is 0 Å². The Morgan fingerprint density at radius 1 is 0.412 bits per heavy atom. The van der Waals surface area contributed by atoms with Crippen molar-refractivity contribution in [3.8, 4) is 44.8 Å². The first-order chi connectivity index (χ1) is 25.3. The molecule has 0 N–H and O–H groups in total. The van der Waals surface area contributed by atoms with Crippen molar-refractivity contribution < 1.29 is 0 Å². The van der Waals surface area contributed by atoms with E-state index in [9.17, 15) is 0 Å². The highest BCUT2D eigenvalue weighted by Crippen LogP contribution is 2.45. The number of hydrogen-bond donors (Lipinski definition) is 0. The van der Waals surface area contributed by atoms with E-state index in [1.165, 1.54) is 99.8 Å². The Morgan fingerprint density at radius 2 is 1.02 bits per heavy atom. The summed E-state index contributed by atoms with van der Waals surface area (Å²) in [5.41, 5.74) is 19.4. The lowest BCUT2D eigenvalue weighted by Gasteiger charge is -2.17. The molecule has 11 rings (SSSR count). The highest BCUT2D eigenvalue weighted by Gasteiger charge is 2.24. The van der Waals surface area contributed by atoms with Crippen molar-refractivity contribution in [2.45, 2.75) is 19.3 Å². The number of aryl methyl sites for hydroxylation is 1. The van der Waals surface area contributed by atoms with Gasteiger partial charge >= 0.3 is 0 Å². The fourth-order valence-electron chi connectivity index (χ4n) is 8.96. The normalized spacial score (nSPS) is 13.2. The summed E-state index contributed by atoms with van der Waals surface area (Å²) in [5, 5.41) is 3.93. The van der Waals surface area contributed by atoms with Crippen molar-refractivity contribution in [2.24, 2.45) is 0 Å². The predicted molar refractivity (Wildman–Crippen MR) is 214 cm³/mol. The van der Waals surface area contributed by atoms with Gasteiger partial charge in [0, 0.05) is 33.2 Å². The molecule has 0 amide bonds. The lowest BCUT2D eigenvalue weighted by Crippen LogP contribution is -2.00. The number of benzene rings is 7. The Labute approximate surface area is 297 Å². The average Bonchev–Trinajstić information content (AvgIpc) is 3.86. The molecule has 2 aliphatic carbocycles. The molecule has 0 atom stereocenters. The van der Waals surface area contributed by atoms with Gasteiger partial charge in [0.1, 0.15) is 0 Å². The van der Waals surface area contributed by atoms with Crippen LogP contribution in [0.4, 0.5) is 0 Å². The molecule has 7 aromatic carbocycles. The maximum atomic E-state index is 2.46. The van der Waals surface area contributed by atoms with E-state index >= 15 is 0 Å². The van der Waals surface area contributed by atoms with Gasteiger partial charge in [-0.15, -0.1) is 0 Å². The number of aromatic nitrogens is 2. The number of fused-ring (bicyclic) bond motifs is 9. The Kier molecular flexibility index (Phi) is 6.17. The zero-order chi connectivity index (χ0) is 33.5. The molecule has 2 aromatic heterocycles. The number of allylic oxidation sites excluding steroid dienone is 1. The van der Waals surface area contributed by atoms with Crippen molar-refractivity contribution in [3.63, 3.8) is 0 Å². The van der Waals surface area contributed by atoms with E-state index < -0.39 is 0 Å². The lowest BCUT2D eigenvalue weighted by atomic mass is 9.90. The Morgan fingerprint density at radius 3 is 1.80 bits per heavy atom. The Hall–Kier alpha value is -6.38. The molecule has 0 bridgehead atoms. The first kappa shape index (κ1) is 28.5. The molecule has 0 radical (unpaired) electrons. The second-order valence-electron chi connectivity index (χ2n) is 14.0. The van der Waals surface area contributed by atoms with E-state index in [0.717, 1.165) is 19.3 Å². The van der Waals surface area contributed by atoms with Crippen molar-refractivity contribution in [2.75, 3.05) is 0 Å². The number of rotatable bonds is 4. The van der Waals surface area contributed by atoms with Gasteiger partial charge in [0.15, 0.2) is 0 Å². The minimum Gasteiger partial charge on any atom is -0.310 e. The van der Waals surface area contributed by atoms with Crippen LogP contribution in [-0.2, 0) is 12.8 Å². The van der Waals surface area contributed by atoms with Crippen molar-refractivity contribution in [1.82, 2.24) is 9.13 Å². The number of hydrogen-bond acceptors (Lipinski definition) is 0. The summed E-state index contributed by atoms with van der Waals surface area (Å²) in [6.45, 7) is 0. The summed E-state index contributed by atoms with van der Waals surface area (Å²) in [5.74, 6) is 0. The average molecular weight is 651 g/mol. The number of para-hydroxylation sites is 3. The van der Waals surface area contributed by atoms with Crippen LogP contribution in [0, 0.1) is 0 Å². The Balaban J connectivity index is 1.11. The molecule has 2 heteroatoms. The smallest absolute Gasteiger partial charge is 0.0541 e. The first-order valence-corrected chi connectivity index (χ1v) is 18.0. The fraction of sp³-hybridized carbons (Fsp3) is 0.0612. The van der Waals surface area contributed by atoms with E-state index in [0.29, 0.717) is 0 Å². The molecule has 51 heavy (non-hydrogen) atoms. The molecule has 0 saturated heterocycles. The molecule has 0 unspecified atom stereocenters. The molecular weight excluding hydrogens is 617 g/mol. The third-order valence-electron chi connectivity index (χ3n) is 11.2. The van der Waals surface area contributed by atoms with Gasteiger partial charge in [-0.05, 0) is 130 Å². The van der Waals surface area contributed by atoms with E-state index in [1.54, 1.807) is 0 Å². The van der Waals surface area contributed by atoms with Gasteiger partial charge in [-0.25, -0.2) is 0 Å². The van der Waals surface area contributed by atoms with E-state index in [2.05, 4.69) is 179 Å². The van der Waals surface area contributed by atoms with Crippen LogP contribution in [0.3, 0.4) is 0 Å². The van der Waals surface area contributed by atoms with Gasteiger partial charge in [-0.2, -0.15) is 0 Å². The van der Waals surface area contributed by atoms with Crippen LogP contribution in [0.1, 0.15) is 28.8 Å². The zero-order valence-corrected chi connectivity index (χ0v) is 28.2. The maximum absolute atomic E-state index is 2.46. The number of nitrogens with zero attached hydrogens (tertiary/aromatic N) is 2. The summed E-state index contributed by atoms with van der Waals surface area (Å²) >= 11 is 0.